The van der Waals surface area contributed by atoms with Crippen molar-refractivity contribution in [3.8, 4) is 5.88 Å². The van der Waals surface area contributed by atoms with E-state index in [-0.39, 0.29) is 5.91 Å². The minimum absolute atomic E-state index is 0.0182. The maximum absolute atomic E-state index is 12.5. The Morgan fingerprint density at radius 1 is 1.63 bits per heavy atom. The first kappa shape index (κ1) is 13.8. The largest absolute Gasteiger partial charge is 0.480 e. The molecule has 1 amide bonds. The van der Waals surface area contributed by atoms with Gasteiger partial charge in [0.2, 0.25) is 5.88 Å². The summed E-state index contributed by atoms with van der Waals surface area (Å²) >= 11 is 0. The van der Waals surface area contributed by atoms with Crippen LogP contribution in [0.25, 0.3) is 0 Å². The van der Waals surface area contributed by atoms with Crippen LogP contribution >= 0.6 is 0 Å². The van der Waals surface area contributed by atoms with E-state index < -0.39 is 0 Å². The van der Waals surface area contributed by atoms with Crippen molar-refractivity contribution < 1.29 is 9.53 Å². The molecule has 1 aliphatic heterocycles. The van der Waals surface area contributed by atoms with Gasteiger partial charge in [0, 0.05) is 19.3 Å². The van der Waals surface area contributed by atoms with Crippen molar-refractivity contribution in [1.29, 1.82) is 0 Å². The number of pyridine rings is 1. The number of likely N-dealkylation sites (tertiary alicyclic amines) is 1. The van der Waals surface area contributed by atoms with Crippen molar-refractivity contribution in [2.24, 2.45) is 17.6 Å². The van der Waals surface area contributed by atoms with Gasteiger partial charge in [-0.2, -0.15) is 0 Å². The zero-order chi connectivity index (χ0) is 13.8. The number of methoxy groups -OCH3 is 1. The van der Waals surface area contributed by atoms with Gasteiger partial charge < -0.3 is 15.4 Å². The molecule has 5 nitrogen and oxygen atoms in total. The highest BCUT2D eigenvalue weighted by molar-refractivity contribution is 5.96. The molecule has 1 aromatic rings. The SMILES string of the molecule is COc1ncccc1C(=O)N1CCC(C)C(CN)C1. The van der Waals surface area contributed by atoms with Crippen molar-refractivity contribution >= 4 is 5.91 Å². The average molecular weight is 263 g/mol. The van der Waals surface area contributed by atoms with Gasteiger partial charge in [0.15, 0.2) is 0 Å². The third-order valence-corrected chi connectivity index (χ3v) is 3.90. The Kier molecular flexibility index (Phi) is 4.37. The quantitative estimate of drug-likeness (QED) is 0.888. The van der Waals surface area contributed by atoms with Crippen LogP contribution in [0.2, 0.25) is 0 Å². The van der Waals surface area contributed by atoms with E-state index in [1.807, 2.05) is 4.90 Å². The molecule has 1 fully saturated rings. The molecule has 0 aromatic carbocycles. The van der Waals surface area contributed by atoms with E-state index in [9.17, 15) is 4.79 Å². The lowest BCUT2D eigenvalue weighted by Gasteiger charge is -2.36. The number of carbonyl (C=O) groups excluding carboxylic acids is 1. The molecule has 0 aliphatic carbocycles. The highest BCUT2D eigenvalue weighted by Gasteiger charge is 2.29. The van der Waals surface area contributed by atoms with E-state index in [2.05, 4.69) is 11.9 Å². The number of piperidine rings is 1. The van der Waals surface area contributed by atoms with Gasteiger partial charge in [-0.25, -0.2) is 4.98 Å². The van der Waals surface area contributed by atoms with Crippen molar-refractivity contribution in [2.45, 2.75) is 13.3 Å². The fourth-order valence-electron chi connectivity index (χ4n) is 2.53. The van der Waals surface area contributed by atoms with Crippen LogP contribution in [-0.2, 0) is 0 Å². The van der Waals surface area contributed by atoms with Crippen LogP contribution < -0.4 is 10.5 Å². The number of rotatable bonds is 3. The molecule has 2 unspecified atom stereocenters. The number of hydrogen-bond donors (Lipinski definition) is 1. The summed E-state index contributed by atoms with van der Waals surface area (Å²) in [5, 5.41) is 0. The third kappa shape index (κ3) is 2.87. The zero-order valence-corrected chi connectivity index (χ0v) is 11.5. The minimum atomic E-state index is -0.0182. The van der Waals surface area contributed by atoms with Crippen LogP contribution in [0.15, 0.2) is 18.3 Å². The second-order valence-corrected chi connectivity index (χ2v) is 5.07. The van der Waals surface area contributed by atoms with E-state index in [1.54, 1.807) is 18.3 Å². The number of amides is 1. The van der Waals surface area contributed by atoms with Crippen LogP contribution in [0.5, 0.6) is 5.88 Å². The molecule has 0 radical (unpaired) electrons. The first-order valence-electron chi connectivity index (χ1n) is 6.65. The summed E-state index contributed by atoms with van der Waals surface area (Å²) in [5.74, 6) is 1.32. The Bertz CT molecular complexity index is 450. The second-order valence-electron chi connectivity index (χ2n) is 5.07. The average Bonchev–Trinajstić information content (AvgIpc) is 2.47. The lowest BCUT2D eigenvalue weighted by Crippen LogP contribution is -2.45. The number of hydrogen-bond acceptors (Lipinski definition) is 4. The smallest absolute Gasteiger partial charge is 0.259 e. The molecule has 2 atom stereocenters. The van der Waals surface area contributed by atoms with Gasteiger partial charge in [0.25, 0.3) is 5.91 Å². The van der Waals surface area contributed by atoms with Gasteiger partial charge >= 0.3 is 0 Å². The third-order valence-electron chi connectivity index (χ3n) is 3.90. The molecular weight excluding hydrogens is 242 g/mol. The second kappa shape index (κ2) is 6.02. The molecule has 19 heavy (non-hydrogen) atoms. The van der Waals surface area contributed by atoms with Gasteiger partial charge in [-0.1, -0.05) is 6.92 Å². The van der Waals surface area contributed by atoms with Crippen molar-refractivity contribution in [2.75, 3.05) is 26.7 Å². The van der Waals surface area contributed by atoms with Crippen molar-refractivity contribution in [3.63, 3.8) is 0 Å². The van der Waals surface area contributed by atoms with E-state index in [0.717, 1.165) is 13.0 Å². The first-order chi connectivity index (χ1) is 9.17. The Morgan fingerprint density at radius 2 is 2.42 bits per heavy atom. The lowest BCUT2D eigenvalue weighted by atomic mass is 9.87. The molecule has 1 aromatic heterocycles. The lowest BCUT2D eigenvalue weighted by molar-refractivity contribution is 0.0614. The molecule has 5 heteroatoms. The highest BCUT2D eigenvalue weighted by Crippen LogP contribution is 2.25. The topological polar surface area (TPSA) is 68.5 Å². The van der Waals surface area contributed by atoms with Crippen LogP contribution in [0.1, 0.15) is 23.7 Å². The summed E-state index contributed by atoms with van der Waals surface area (Å²) in [6, 6.07) is 3.51. The fourth-order valence-corrected chi connectivity index (χ4v) is 2.53. The van der Waals surface area contributed by atoms with E-state index >= 15 is 0 Å². The molecule has 2 heterocycles. The Labute approximate surface area is 113 Å². The van der Waals surface area contributed by atoms with Crippen molar-refractivity contribution in [1.82, 2.24) is 9.88 Å². The highest BCUT2D eigenvalue weighted by atomic mass is 16.5. The molecule has 104 valence electrons. The van der Waals surface area contributed by atoms with Gasteiger partial charge in [0.1, 0.15) is 5.56 Å². The van der Waals surface area contributed by atoms with Crippen LogP contribution in [-0.4, -0.2) is 42.5 Å². The fraction of sp³-hybridized carbons (Fsp3) is 0.571. The van der Waals surface area contributed by atoms with Gasteiger partial charge in [-0.05, 0) is 36.9 Å². The molecule has 2 rings (SSSR count). The van der Waals surface area contributed by atoms with Gasteiger partial charge in [-0.3, -0.25) is 4.79 Å². The van der Waals surface area contributed by atoms with Gasteiger partial charge in [0.05, 0.1) is 7.11 Å². The van der Waals surface area contributed by atoms with Crippen LogP contribution in [0, 0.1) is 11.8 Å². The maximum atomic E-state index is 12.5. The molecule has 0 bridgehead atoms. The minimum Gasteiger partial charge on any atom is -0.480 e. The molecule has 0 spiro atoms. The van der Waals surface area contributed by atoms with Gasteiger partial charge in [-0.15, -0.1) is 0 Å². The van der Waals surface area contributed by atoms with Crippen molar-refractivity contribution in [3.05, 3.63) is 23.9 Å². The standard InChI is InChI=1S/C14H21N3O2/c1-10-5-7-17(9-11(10)8-15)14(18)12-4-3-6-16-13(12)19-2/h3-4,6,10-11H,5,7-9,15H2,1-2H3. The molecule has 1 saturated heterocycles. The molecular formula is C14H21N3O2. The number of nitrogens with zero attached hydrogens (tertiary/aromatic N) is 2. The zero-order valence-electron chi connectivity index (χ0n) is 11.5. The summed E-state index contributed by atoms with van der Waals surface area (Å²) in [5.41, 5.74) is 6.30. The Balaban J connectivity index is 2.15. The van der Waals surface area contributed by atoms with Crippen LogP contribution in [0.4, 0.5) is 0 Å². The Morgan fingerprint density at radius 3 is 3.11 bits per heavy atom. The number of ether oxygens (including phenoxy) is 1. The molecule has 1 aliphatic rings. The number of aromatic nitrogens is 1. The normalized spacial score (nSPS) is 23.2. The van der Waals surface area contributed by atoms with E-state index in [1.165, 1.54) is 7.11 Å². The first-order valence-corrected chi connectivity index (χ1v) is 6.65. The van der Waals surface area contributed by atoms with E-state index in [4.69, 9.17) is 10.5 Å². The Hall–Kier alpha value is -1.62. The van der Waals surface area contributed by atoms with Crippen LogP contribution in [0.3, 0.4) is 0 Å². The number of nitrogens with two attached hydrogens (primary N) is 1. The molecule has 2 N–H and O–H groups in total. The maximum Gasteiger partial charge on any atom is 0.259 e. The summed E-state index contributed by atoms with van der Waals surface area (Å²) in [4.78, 5) is 18.4. The summed E-state index contributed by atoms with van der Waals surface area (Å²) < 4.78 is 5.15. The summed E-state index contributed by atoms with van der Waals surface area (Å²) in [6.45, 7) is 4.31. The summed E-state index contributed by atoms with van der Waals surface area (Å²) in [6.07, 6.45) is 2.62. The predicted octanol–water partition coefficient (Wildman–Crippen LogP) is 1.15. The summed E-state index contributed by atoms with van der Waals surface area (Å²) in [7, 11) is 1.53. The number of carbonyl (C=O) groups is 1. The molecule has 0 saturated carbocycles. The monoisotopic (exact) mass is 263 g/mol. The van der Waals surface area contributed by atoms with E-state index in [0.29, 0.717) is 36.4 Å². The predicted molar refractivity (Wildman–Crippen MR) is 73.0 cm³/mol.